The minimum Gasteiger partial charge on any atom is -0.457 e. The molecule has 1 aliphatic carbocycles. The Morgan fingerprint density at radius 1 is 0.306 bits per heavy atom. The van der Waals surface area contributed by atoms with Crippen molar-refractivity contribution in [3.05, 3.63) is 235 Å². The van der Waals surface area contributed by atoms with Gasteiger partial charge in [0.15, 0.2) is 17.5 Å². The largest absolute Gasteiger partial charge is 0.457 e. The van der Waals surface area contributed by atoms with Crippen LogP contribution >= 0.6 is 0 Å². The highest BCUT2D eigenvalue weighted by Gasteiger charge is 2.51. The number of aromatic nitrogens is 3. The summed E-state index contributed by atoms with van der Waals surface area (Å²) in [4.78, 5) is 16.2. The second kappa shape index (κ2) is 13.4. The summed E-state index contributed by atoms with van der Waals surface area (Å²) in [5, 5.41) is 6.87. The number of hydrogen-bond donors (Lipinski definition) is 0. The lowest BCUT2D eigenvalue weighted by Crippen LogP contribution is -2.32. The Labute approximate surface area is 358 Å². The Balaban J connectivity index is 1.08. The fraction of sp³-hybridized carbons (Fsp3) is 0.0172. The summed E-state index contributed by atoms with van der Waals surface area (Å²) in [5.41, 5.74) is 11.6. The van der Waals surface area contributed by atoms with E-state index in [0.29, 0.717) is 17.5 Å². The molecule has 1 aliphatic heterocycles. The van der Waals surface area contributed by atoms with Crippen molar-refractivity contribution in [3.63, 3.8) is 0 Å². The molecule has 0 saturated carbocycles. The molecule has 4 heteroatoms. The lowest BCUT2D eigenvalue weighted by Gasteiger charge is -2.39. The van der Waals surface area contributed by atoms with Crippen LogP contribution in [0, 0.1) is 0 Å². The molecule has 11 aromatic rings. The average Bonchev–Trinajstić information content (AvgIpc) is 3.64. The van der Waals surface area contributed by atoms with Crippen LogP contribution in [0.15, 0.2) is 212 Å². The molecule has 1 aromatic heterocycles. The second-order valence-electron chi connectivity index (χ2n) is 16.3. The van der Waals surface area contributed by atoms with Crippen molar-refractivity contribution in [1.29, 1.82) is 0 Å². The van der Waals surface area contributed by atoms with Crippen LogP contribution in [0.1, 0.15) is 22.3 Å². The standard InChI is InChI=1S/C58H35N3O/c1-2-14-36(15-3-1)37-26-28-39(29-27-37)55-59-56(61-57(60-55)54-43-19-7-5-17-40(43)34-47-42-18-6-4-16-38(42)30-32-46(47)54)41-31-33-53-51(35-41)58(50-24-12-13-25-52(50)62-53)48-22-10-8-20-44(48)45-21-9-11-23-49(45)58/h1-35H. The molecule has 13 rings (SSSR count). The normalized spacial score (nSPS) is 13.1. The van der Waals surface area contributed by atoms with Gasteiger partial charge in [0.2, 0.25) is 0 Å². The highest BCUT2D eigenvalue weighted by Crippen LogP contribution is 2.62. The number of para-hydroxylation sites is 1. The zero-order valence-corrected chi connectivity index (χ0v) is 33.5. The quantitative estimate of drug-likeness (QED) is 0.132. The van der Waals surface area contributed by atoms with Gasteiger partial charge in [0.05, 0.1) is 5.41 Å². The molecule has 0 radical (unpaired) electrons. The van der Waals surface area contributed by atoms with E-state index in [1.807, 2.05) is 6.07 Å². The van der Waals surface area contributed by atoms with Gasteiger partial charge in [-0.25, -0.2) is 15.0 Å². The number of fused-ring (bicyclic) bond motifs is 13. The Morgan fingerprint density at radius 3 is 1.63 bits per heavy atom. The van der Waals surface area contributed by atoms with Crippen molar-refractivity contribution in [2.45, 2.75) is 5.41 Å². The van der Waals surface area contributed by atoms with Crippen molar-refractivity contribution < 1.29 is 4.74 Å². The number of rotatable bonds is 4. The summed E-state index contributed by atoms with van der Waals surface area (Å²) >= 11 is 0. The van der Waals surface area contributed by atoms with Crippen LogP contribution in [0.3, 0.4) is 0 Å². The molecule has 4 nitrogen and oxygen atoms in total. The molecule has 0 saturated heterocycles. The van der Waals surface area contributed by atoms with E-state index in [1.165, 1.54) is 33.0 Å². The lowest BCUT2D eigenvalue weighted by atomic mass is 9.66. The number of ether oxygens (including phenoxy) is 1. The van der Waals surface area contributed by atoms with Gasteiger partial charge in [-0.15, -0.1) is 0 Å². The first-order chi connectivity index (χ1) is 30.7. The Morgan fingerprint density at radius 2 is 0.855 bits per heavy atom. The van der Waals surface area contributed by atoms with Gasteiger partial charge >= 0.3 is 0 Å². The highest BCUT2D eigenvalue weighted by molar-refractivity contribution is 6.19. The smallest absolute Gasteiger partial charge is 0.165 e. The number of nitrogens with zero attached hydrogens (tertiary/aromatic N) is 3. The summed E-state index contributed by atoms with van der Waals surface area (Å²) in [6.45, 7) is 0. The van der Waals surface area contributed by atoms with E-state index in [9.17, 15) is 0 Å². The van der Waals surface area contributed by atoms with Gasteiger partial charge in [-0.3, -0.25) is 0 Å². The summed E-state index contributed by atoms with van der Waals surface area (Å²) < 4.78 is 6.80. The minimum absolute atomic E-state index is 0.593. The predicted molar refractivity (Wildman–Crippen MR) is 251 cm³/mol. The van der Waals surface area contributed by atoms with Crippen LogP contribution in [-0.4, -0.2) is 15.0 Å². The fourth-order valence-electron chi connectivity index (χ4n) is 10.2. The molecule has 0 unspecified atom stereocenters. The van der Waals surface area contributed by atoms with E-state index in [-0.39, 0.29) is 0 Å². The SMILES string of the molecule is c1ccc(-c2ccc(-c3nc(-c4ccc5c(c4)C4(c6ccccc6O5)c5ccccc5-c5ccccc54)nc(-c4c5ccccc5cc5c4ccc4ccccc45)n3)cc2)cc1. The zero-order valence-electron chi connectivity index (χ0n) is 33.5. The molecular formula is C58H35N3O. The van der Waals surface area contributed by atoms with Gasteiger partial charge in [-0.2, -0.15) is 0 Å². The maximum absolute atomic E-state index is 6.80. The van der Waals surface area contributed by atoms with Crippen molar-refractivity contribution in [2.75, 3.05) is 0 Å². The third-order valence-electron chi connectivity index (χ3n) is 13.0. The molecule has 0 bridgehead atoms. The minimum atomic E-state index is -0.619. The molecule has 0 amide bonds. The average molecular weight is 790 g/mol. The topological polar surface area (TPSA) is 47.9 Å². The van der Waals surface area contributed by atoms with E-state index in [0.717, 1.165) is 72.0 Å². The van der Waals surface area contributed by atoms with Gasteiger partial charge in [0.1, 0.15) is 11.5 Å². The van der Waals surface area contributed by atoms with Gasteiger partial charge in [0, 0.05) is 27.8 Å². The molecule has 62 heavy (non-hydrogen) atoms. The Hall–Kier alpha value is -8.21. The number of hydrogen-bond acceptors (Lipinski definition) is 4. The van der Waals surface area contributed by atoms with Crippen LogP contribution in [-0.2, 0) is 5.41 Å². The predicted octanol–water partition coefficient (Wildman–Crippen LogP) is 14.5. The molecule has 10 aromatic carbocycles. The monoisotopic (exact) mass is 789 g/mol. The van der Waals surface area contributed by atoms with Crippen LogP contribution in [0.25, 0.3) is 88.7 Å². The number of benzene rings is 10. The first-order valence-electron chi connectivity index (χ1n) is 21.1. The molecule has 2 heterocycles. The third-order valence-corrected chi connectivity index (χ3v) is 13.0. The summed E-state index contributed by atoms with van der Waals surface area (Å²) in [6, 6.07) is 75.5. The van der Waals surface area contributed by atoms with Crippen molar-refractivity contribution in [3.8, 4) is 67.9 Å². The van der Waals surface area contributed by atoms with Gasteiger partial charge in [0.25, 0.3) is 0 Å². The molecule has 0 atom stereocenters. The van der Waals surface area contributed by atoms with E-state index in [1.54, 1.807) is 0 Å². The van der Waals surface area contributed by atoms with Gasteiger partial charge < -0.3 is 4.74 Å². The summed E-state index contributed by atoms with van der Waals surface area (Å²) in [6.07, 6.45) is 0. The molecule has 288 valence electrons. The van der Waals surface area contributed by atoms with Crippen molar-refractivity contribution in [2.24, 2.45) is 0 Å². The van der Waals surface area contributed by atoms with Gasteiger partial charge in [-0.1, -0.05) is 182 Å². The molecule has 1 spiro atoms. The van der Waals surface area contributed by atoms with E-state index >= 15 is 0 Å². The molecule has 0 N–H and O–H groups in total. The van der Waals surface area contributed by atoms with Crippen molar-refractivity contribution in [1.82, 2.24) is 15.0 Å². The highest BCUT2D eigenvalue weighted by atomic mass is 16.5. The Kier molecular flexibility index (Phi) is 7.49. The first kappa shape index (κ1) is 34.6. The van der Waals surface area contributed by atoms with Crippen molar-refractivity contribution >= 4 is 32.3 Å². The van der Waals surface area contributed by atoms with Crippen LogP contribution in [0.4, 0.5) is 0 Å². The fourth-order valence-corrected chi connectivity index (χ4v) is 10.2. The third kappa shape index (κ3) is 5.04. The van der Waals surface area contributed by atoms with Crippen LogP contribution < -0.4 is 4.74 Å². The van der Waals surface area contributed by atoms with Crippen LogP contribution in [0.2, 0.25) is 0 Å². The van der Waals surface area contributed by atoms with E-state index in [2.05, 4.69) is 206 Å². The molecule has 0 fully saturated rings. The van der Waals surface area contributed by atoms with E-state index in [4.69, 9.17) is 19.7 Å². The molecule has 2 aliphatic rings. The summed E-state index contributed by atoms with van der Waals surface area (Å²) in [7, 11) is 0. The van der Waals surface area contributed by atoms with E-state index < -0.39 is 5.41 Å². The second-order valence-corrected chi connectivity index (χ2v) is 16.3. The Bertz CT molecular complexity index is 3570. The zero-order chi connectivity index (χ0) is 40.8. The first-order valence-corrected chi connectivity index (χ1v) is 21.1. The lowest BCUT2D eigenvalue weighted by molar-refractivity contribution is 0.436. The maximum atomic E-state index is 6.80. The summed E-state index contributed by atoms with van der Waals surface area (Å²) in [5.74, 6) is 3.50. The van der Waals surface area contributed by atoms with Crippen LogP contribution in [0.5, 0.6) is 11.5 Å². The maximum Gasteiger partial charge on any atom is 0.165 e. The molecular weight excluding hydrogens is 755 g/mol. The van der Waals surface area contributed by atoms with Gasteiger partial charge in [-0.05, 0) is 96.0 Å².